The van der Waals surface area contributed by atoms with Crippen LogP contribution in [0.4, 0.5) is 16.2 Å². The number of hydrogen-bond donors (Lipinski definition) is 4. The number of urea groups is 1. The van der Waals surface area contributed by atoms with E-state index in [1.165, 1.54) is 0 Å². The van der Waals surface area contributed by atoms with Gasteiger partial charge in [-0.3, -0.25) is 4.79 Å². The summed E-state index contributed by atoms with van der Waals surface area (Å²) in [5, 5.41) is 8.61. The molecule has 25 heavy (non-hydrogen) atoms. The van der Waals surface area contributed by atoms with Gasteiger partial charge in [-0.1, -0.05) is 18.2 Å². The van der Waals surface area contributed by atoms with Crippen molar-refractivity contribution in [2.75, 3.05) is 11.1 Å². The molecule has 0 radical (unpaired) electrons. The SMILES string of the molecule is CC(NC(=O)c1cccc(N)c1)c1ccc(NC(=O)NC2CC2)cc1. The lowest BCUT2D eigenvalue weighted by molar-refractivity contribution is 0.0940. The van der Waals surface area contributed by atoms with Crippen LogP contribution in [0.2, 0.25) is 0 Å². The van der Waals surface area contributed by atoms with Gasteiger partial charge in [0.15, 0.2) is 0 Å². The number of carbonyl (C=O) groups is 2. The third kappa shape index (κ3) is 4.73. The van der Waals surface area contributed by atoms with E-state index in [1.807, 2.05) is 31.2 Å². The molecule has 6 nitrogen and oxygen atoms in total. The van der Waals surface area contributed by atoms with Crippen LogP contribution >= 0.6 is 0 Å². The zero-order chi connectivity index (χ0) is 17.8. The summed E-state index contributed by atoms with van der Waals surface area (Å²) >= 11 is 0. The van der Waals surface area contributed by atoms with Crippen molar-refractivity contribution in [2.45, 2.75) is 31.8 Å². The Hall–Kier alpha value is -3.02. The maximum Gasteiger partial charge on any atom is 0.319 e. The molecular weight excluding hydrogens is 316 g/mol. The zero-order valence-corrected chi connectivity index (χ0v) is 14.1. The predicted octanol–water partition coefficient (Wildman–Crippen LogP) is 3.04. The summed E-state index contributed by atoms with van der Waals surface area (Å²) < 4.78 is 0. The normalized spacial score (nSPS) is 14.4. The summed E-state index contributed by atoms with van der Waals surface area (Å²) in [7, 11) is 0. The summed E-state index contributed by atoms with van der Waals surface area (Å²) in [6, 6.07) is 14.3. The van der Waals surface area contributed by atoms with Crippen molar-refractivity contribution < 1.29 is 9.59 Å². The molecule has 1 aliphatic rings. The van der Waals surface area contributed by atoms with Crippen LogP contribution in [0.15, 0.2) is 48.5 Å². The van der Waals surface area contributed by atoms with Gasteiger partial charge in [-0.15, -0.1) is 0 Å². The van der Waals surface area contributed by atoms with Crippen LogP contribution in [0.5, 0.6) is 0 Å². The van der Waals surface area contributed by atoms with Crippen LogP contribution in [0.25, 0.3) is 0 Å². The number of nitrogen functional groups attached to an aromatic ring is 1. The molecule has 3 rings (SSSR count). The van der Waals surface area contributed by atoms with Crippen molar-refractivity contribution >= 4 is 23.3 Å². The molecule has 1 unspecified atom stereocenters. The van der Waals surface area contributed by atoms with Gasteiger partial charge in [-0.2, -0.15) is 0 Å². The smallest absolute Gasteiger partial charge is 0.319 e. The molecule has 2 aromatic rings. The lowest BCUT2D eigenvalue weighted by Crippen LogP contribution is -2.30. The van der Waals surface area contributed by atoms with Crippen LogP contribution in [0.3, 0.4) is 0 Å². The molecule has 130 valence electrons. The molecule has 1 atom stereocenters. The van der Waals surface area contributed by atoms with E-state index in [2.05, 4.69) is 16.0 Å². The quantitative estimate of drug-likeness (QED) is 0.631. The number of nitrogens with one attached hydrogen (secondary N) is 3. The van der Waals surface area contributed by atoms with Gasteiger partial charge in [-0.25, -0.2) is 4.79 Å². The van der Waals surface area contributed by atoms with Crippen molar-refractivity contribution in [3.05, 3.63) is 59.7 Å². The molecule has 1 saturated carbocycles. The first-order valence-corrected chi connectivity index (χ1v) is 8.35. The highest BCUT2D eigenvalue weighted by atomic mass is 16.2. The summed E-state index contributed by atoms with van der Waals surface area (Å²) in [5.74, 6) is -0.175. The molecule has 2 aromatic carbocycles. The molecule has 0 aromatic heterocycles. The van der Waals surface area contributed by atoms with Crippen LogP contribution in [0, 0.1) is 0 Å². The van der Waals surface area contributed by atoms with E-state index in [0.29, 0.717) is 17.3 Å². The summed E-state index contributed by atoms with van der Waals surface area (Å²) in [4.78, 5) is 24.0. The van der Waals surface area contributed by atoms with Gasteiger partial charge < -0.3 is 21.7 Å². The Morgan fingerprint density at radius 1 is 1.12 bits per heavy atom. The Morgan fingerprint density at radius 3 is 2.48 bits per heavy atom. The number of carbonyl (C=O) groups excluding carboxylic acids is 2. The van der Waals surface area contributed by atoms with Gasteiger partial charge in [-0.05, 0) is 55.7 Å². The molecule has 0 heterocycles. The van der Waals surface area contributed by atoms with Gasteiger partial charge in [0, 0.05) is 23.0 Å². The van der Waals surface area contributed by atoms with Crippen molar-refractivity contribution in [2.24, 2.45) is 0 Å². The highest BCUT2D eigenvalue weighted by Gasteiger charge is 2.23. The van der Waals surface area contributed by atoms with Gasteiger partial charge in [0.1, 0.15) is 0 Å². The number of hydrogen-bond acceptors (Lipinski definition) is 3. The largest absolute Gasteiger partial charge is 0.399 e. The molecular formula is C19H22N4O2. The van der Waals surface area contributed by atoms with E-state index < -0.39 is 0 Å². The standard InChI is InChI=1S/C19H22N4O2/c1-12(21-18(24)14-3-2-4-15(20)11-14)13-5-7-16(8-6-13)22-19(25)23-17-9-10-17/h2-8,11-12,17H,9-10,20H2,1H3,(H,21,24)(H2,22,23,25). The Bertz CT molecular complexity index is 769. The average molecular weight is 338 g/mol. The Labute approximate surface area is 146 Å². The second-order valence-corrected chi connectivity index (χ2v) is 6.32. The minimum atomic E-state index is -0.182. The second-order valence-electron chi connectivity index (χ2n) is 6.32. The molecule has 0 aliphatic heterocycles. The molecule has 6 heteroatoms. The Balaban J connectivity index is 1.57. The number of rotatable bonds is 5. The third-order valence-electron chi connectivity index (χ3n) is 4.08. The number of amides is 3. The van der Waals surface area contributed by atoms with Gasteiger partial charge in [0.05, 0.1) is 6.04 Å². The first kappa shape index (κ1) is 16.8. The molecule has 3 amide bonds. The molecule has 1 fully saturated rings. The Morgan fingerprint density at radius 2 is 1.84 bits per heavy atom. The molecule has 1 aliphatic carbocycles. The fraction of sp³-hybridized carbons (Fsp3) is 0.263. The highest BCUT2D eigenvalue weighted by Crippen LogP contribution is 2.20. The minimum absolute atomic E-state index is 0.164. The van der Waals surface area contributed by atoms with Crippen molar-refractivity contribution in [3.8, 4) is 0 Å². The van der Waals surface area contributed by atoms with E-state index in [4.69, 9.17) is 5.73 Å². The van der Waals surface area contributed by atoms with Crippen LogP contribution in [0.1, 0.15) is 41.7 Å². The first-order valence-electron chi connectivity index (χ1n) is 8.35. The number of nitrogens with two attached hydrogens (primary N) is 1. The second kappa shape index (κ2) is 7.25. The van der Waals surface area contributed by atoms with Gasteiger partial charge in [0.25, 0.3) is 5.91 Å². The minimum Gasteiger partial charge on any atom is -0.399 e. The maximum atomic E-state index is 12.3. The molecule has 0 saturated heterocycles. The monoisotopic (exact) mass is 338 g/mol. The van der Waals surface area contributed by atoms with E-state index in [9.17, 15) is 9.59 Å². The van der Waals surface area contributed by atoms with E-state index in [-0.39, 0.29) is 18.0 Å². The zero-order valence-electron chi connectivity index (χ0n) is 14.1. The van der Waals surface area contributed by atoms with Crippen molar-refractivity contribution in [1.82, 2.24) is 10.6 Å². The third-order valence-corrected chi connectivity index (χ3v) is 4.08. The fourth-order valence-electron chi connectivity index (χ4n) is 2.48. The topological polar surface area (TPSA) is 96.2 Å². The van der Waals surface area contributed by atoms with Gasteiger partial charge in [0.2, 0.25) is 0 Å². The summed E-state index contributed by atoms with van der Waals surface area (Å²) in [5.41, 5.74) is 8.46. The van der Waals surface area contributed by atoms with Crippen LogP contribution < -0.4 is 21.7 Å². The van der Waals surface area contributed by atoms with Gasteiger partial charge >= 0.3 is 6.03 Å². The van der Waals surface area contributed by atoms with Crippen molar-refractivity contribution in [1.29, 1.82) is 0 Å². The average Bonchev–Trinajstić information content (AvgIpc) is 3.39. The maximum absolute atomic E-state index is 12.3. The lowest BCUT2D eigenvalue weighted by atomic mass is 10.1. The fourth-order valence-corrected chi connectivity index (χ4v) is 2.48. The van der Waals surface area contributed by atoms with E-state index in [0.717, 1.165) is 24.1 Å². The molecule has 5 N–H and O–H groups in total. The highest BCUT2D eigenvalue weighted by molar-refractivity contribution is 5.95. The lowest BCUT2D eigenvalue weighted by Gasteiger charge is -2.15. The first-order chi connectivity index (χ1) is 12.0. The van der Waals surface area contributed by atoms with E-state index >= 15 is 0 Å². The van der Waals surface area contributed by atoms with Crippen molar-refractivity contribution in [3.63, 3.8) is 0 Å². The summed E-state index contributed by atoms with van der Waals surface area (Å²) in [6.07, 6.45) is 2.10. The number of benzene rings is 2. The van der Waals surface area contributed by atoms with Crippen LogP contribution in [-0.4, -0.2) is 18.0 Å². The van der Waals surface area contributed by atoms with E-state index in [1.54, 1.807) is 24.3 Å². The number of anilines is 2. The molecule has 0 spiro atoms. The van der Waals surface area contributed by atoms with Crippen LogP contribution in [-0.2, 0) is 0 Å². The summed E-state index contributed by atoms with van der Waals surface area (Å²) in [6.45, 7) is 1.91. The Kier molecular flexibility index (Phi) is 4.88. The molecule has 0 bridgehead atoms. The predicted molar refractivity (Wildman–Crippen MR) is 98.4 cm³/mol.